The fraction of sp³-hybridized carbons (Fsp3) is 0. The van der Waals surface area contributed by atoms with E-state index in [0.29, 0.717) is 11.2 Å². The van der Waals surface area contributed by atoms with Gasteiger partial charge in [0.25, 0.3) is 11.2 Å². The molecule has 2 heterocycles. The summed E-state index contributed by atoms with van der Waals surface area (Å²) in [6.07, 6.45) is 1.76. The van der Waals surface area contributed by atoms with Crippen LogP contribution in [-0.4, -0.2) is 14.3 Å². The Hall–Kier alpha value is -2.76. The minimum Gasteiger partial charge on any atom is -0.301 e. The molecule has 0 aliphatic heterocycles. The zero-order valence-electron chi connectivity index (χ0n) is 9.11. The molecule has 18 heavy (non-hydrogen) atoms. The number of nitrogens with zero attached hydrogens (tertiary/aromatic N) is 3. The Bertz CT molecular complexity index is 839. The van der Waals surface area contributed by atoms with Crippen LogP contribution in [-0.2, 0) is 0 Å². The van der Waals surface area contributed by atoms with Gasteiger partial charge in [0.05, 0.1) is 15.8 Å². The smallest absolute Gasteiger partial charge is 0.281 e. The SMILES string of the molecule is O=c1nc2ccccn2c2ccc([N+](=O)[O-])cc12. The third kappa shape index (κ3) is 1.43. The predicted molar refractivity (Wildman–Crippen MR) is 65.6 cm³/mol. The van der Waals surface area contributed by atoms with E-state index in [0.717, 1.165) is 0 Å². The molecule has 6 heteroatoms. The van der Waals surface area contributed by atoms with Gasteiger partial charge in [-0.2, -0.15) is 4.98 Å². The van der Waals surface area contributed by atoms with E-state index < -0.39 is 10.5 Å². The van der Waals surface area contributed by atoms with Crippen molar-refractivity contribution in [1.29, 1.82) is 0 Å². The number of nitro groups is 1. The Kier molecular flexibility index (Phi) is 2.09. The van der Waals surface area contributed by atoms with Crippen molar-refractivity contribution in [2.45, 2.75) is 0 Å². The van der Waals surface area contributed by atoms with E-state index in [2.05, 4.69) is 4.98 Å². The molecule has 88 valence electrons. The van der Waals surface area contributed by atoms with Gasteiger partial charge >= 0.3 is 0 Å². The molecular weight excluding hydrogens is 234 g/mol. The summed E-state index contributed by atoms with van der Waals surface area (Å²) in [7, 11) is 0. The summed E-state index contributed by atoms with van der Waals surface area (Å²) < 4.78 is 1.72. The van der Waals surface area contributed by atoms with Crippen LogP contribution in [0.4, 0.5) is 5.69 Å². The van der Waals surface area contributed by atoms with Crippen molar-refractivity contribution in [3.8, 4) is 0 Å². The van der Waals surface area contributed by atoms with Gasteiger partial charge in [-0.25, -0.2) is 0 Å². The van der Waals surface area contributed by atoms with Gasteiger partial charge in [-0.3, -0.25) is 14.9 Å². The summed E-state index contributed by atoms with van der Waals surface area (Å²) in [6, 6.07) is 9.48. The number of pyridine rings is 1. The van der Waals surface area contributed by atoms with Crippen molar-refractivity contribution < 1.29 is 4.92 Å². The molecule has 0 saturated heterocycles. The Balaban J connectivity index is 2.52. The number of aromatic nitrogens is 2. The first kappa shape index (κ1) is 10.4. The molecule has 2 aromatic heterocycles. The molecule has 0 atom stereocenters. The highest BCUT2D eigenvalue weighted by Gasteiger charge is 2.10. The molecule has 0 N–H and O–H groups in total. The van der Waals surface area contributed by atoms with E-state index in [9.17, 15) is 14.9 Å². The van der Waals surface area contributed by atoms with Gasteiger partial charge < -0.3 is 4.40 Å². The maximum Gasteiger partial charge on any atom is 0.281 e. The average Bonchev–Trinajstić information content (AvgIpc) is 2.38. The van der Waals surface area contributed by atoms with Crippen molar-refractivity contribution in [2.24, 2.45) is 0 Å². The van der Waals surface area contributed by atoms with E-state index in [1.807, 2.05) is 0 Å². The minimum absolute atomic E-state index is 0.114. The maximum absolute atomic E-state index is 11.8. The second-order valence-corrected chi connectivity index (χ2v) is 3.80. The molecule has 0 saturated carbocycles. The van der Waals surface area contributed by atoms with Crippen molar-refractivity contribution >= 4 is 22.2 Å². The molecule has 1 aromatic carbocycles. The van der Waals surface area contributed by atoms with Gasteiger partial charge in [-0.05, 0) is 18.2 Å². The Labute approximate surface area is 100 Å². The molecular formula is C12H7N3O3. The Morgan fingerprint density at radius 1 is 1.22 bits per heavy atom. The van der Waals surface area contributed by atoms with Crippen LogP contribution in [0.3, 0.4) is 0 Å². The second-order valence-electron chi connectivity index (χ2n) is 3.80. The van der Waals surface area contributed by atoms with E-state index in [1.165, 1.54) is 12.1 Å². The molecule has 3 aromatic rings. The highest BCUT2D eigenvalue weighted by Crippen LogP contribution is 2.18. The summed E-state index contributed by atoms with van der Waals surface area (Å²) in [6.45, 7) is 0. The highest BCUT2D eigenvalue weighted by atomic mass is 16.6. The van der Waals surface area contributed by atoms with E-state index in [4.69, 9.17) is 0 Å². The first-order chi connectivity index (χ1) is 8.66. The third-order valence-electron chi connectivity index (χ3n) is 2.74. The van der Waals surface area contributed by atoms with Crippen LogP contribution in [0.5, 0.6) is 0 Å². The molecule has 0 aliphatic rings. The van der Waals surface area contributed by atoms with Gasteiger partial charge in [0, 0.05) is 18.3 Å². The van der Waals surface area contributed by atoms with Crippen molar-refractivity contribution in [3.63, 3.8) is 0 Å². The van der Waals surface area contributed by atoms with E-state index in [1.54, 1.807) is 34.9 Å². The monoisotopic (exact) mass is 241 g/mol. The summed E-state index contributed by atoms with van der Waals surface area (Å²) in [5, 5.41) is 10.9. The van der Waals surface area contributed by atoms with Gasteiger partial charge in [-0.1, -0.05) is 6.07 Å². The van der Waals surface area contributed by atoms with E-state index in [-0.39, 0.29) is 11.1 Å². The van der Waals surface area contributed by atoms with Gasteiger partial charge in [0.1, 0.15) is 5.65 Å². The van der Waals surface area contributed by atoms with Crippen LogP contribution < -0.4 is 5.56 Å². The topological polar surface area (TPSA) is 77.5 Å². The lowest BCUT2D eigenvalue weighted by molar-refractivity contribution is -0.384. The molecule has 0 aliphatic carbocycles. The molecule has 0 unspecified atom stereocenters. The van der Waals surface area contributed by atoms with Gasteiger partial charge in [-0.15, -0.1) is 0 Å². The first-order valence-electron chi connectivity index (χ1n) is 5.22. The first-order valence-corrected chi connectivity index (χ1v) is 5.22. The lowest BCUT2D eigenvalue weighted by Crippen LogP contribution is -2.10. The number of benzene rings is 1. The average molecular weight is 241 g/mol. The van der Waals surface area contributed by atoms with Crippen LogP contribution in [0.25, 0.3) is 16.6 Å². The molecule has 0 spiro atoms. The minimum atomic E-state index is -0.529. The maximum atomic E-state index is 11.8. The largest absolute Gasteiger partial charge is 0.301 e. The molecule has 0 radical (unpaired) electrons. The summed E-state index contributed by atoms with van der Waals surface area (Å²) in [5.41, 5.74) is 0.553. The molecule has 6 nitrogen and oxygen atoms in total. The summed E-state index contributed by atoms with van der Waals surface area (Å²) in [5.74, 6) is 0. The number of hydrogen-bond donors (Lipinski definition) is 0. The van der Waals surface area contributed by atoms with E-state index >= 15 is 0 Å². The quantitative estimate of drug-likeness (QED) is 0.369. The zero-order chi connectivity index (χ0) is 12.7. The summed E-state index contributed by atoms with van der Waals surface area (Å²) in [4.78, 5) is 25.9. The Morgan fingerprint density at radius 3 is 2.83 bits per heavy atom. The normalized spacial score (nSPS) is 10.9. The highest BCUT2D eigenvalue weighted by molar-refractivity contribution is 5.82. The van der Waals surface area contributed by atoms with Crippen LogP contribution >= 0.6 is 0 Å². The fourth-order valence-electron chi connectivity index (χ4n) is 1.91. The van der Waals surface area contributed by atoms with Crippen LogP contribution in [0.1, 0.15) is 0 Å². The van der Waals surface area contributed by atoms with Crippen molar-refractivity contribution in [1.82, 2.24) is 9.38 Å². The second kappa shape index (κ2) is 3.63. The fourth-order valence-corrected chi connectivity index (χ4v) is 1.91. The predicted octanol–water partition coefficient (Wildman–Crippen LogP) is 1.76. The lowest BCUT2D eigenvalue weighted by atomic mass is 10.2. The Morgan fingerprint density at radius 2 is 2.06 bits per heavy atom. The van der Waals surface area contributed by atoms with Gasteiger partial charge in [0.15, 0.2) is 0 Å². The third-order valence-corrected chi connectivity index (χ3v) is 2.74. The van der Waals surface area contributed by atoms with Crippen LogP contribution in [0, 0.1) is 10.1 Å². The standard InChI is InChI=1S/C12H7N3O3/c16-12-9-7-8(15(17)18)4-5-10(9)14-6-2-1-3-11(14)13-12/h1-7H. The molecule has 0 bridgehead atoms. The number of fused-ring (bicyclic) bond motifs is 3. The van der Waals surface area contributed by atoms with Crippen LogP contribution in [0.2, 0.25) is 0 Å². The molecule has 0 amide bonds. The lowest BCUT2D eigenvalue weighted by Gasteiger charge is -2.04. The van der Waals surface area contributed by atoms with Gasteiger partial charge in [0.2, 0.25) is 0 Å². The number of rotatable bonds is 1. The van der Waals surface area contributed by atoms with Crippen LogP contribution in [0.15, 0.2) is 47.4 Å². The number of hydrogen-bond acceptors (Lipinski definition) is 4. The molecule has 3 rings (SSSR count). The number of nitro benzene ring substituents is 1. The van der Waals surface area contributed by atoms with Crippen molar-refractivity contribution in [2.75, 3.05) is 0 Å². The zero-order valence-corrected chi connectivity index (χ0v) is 9.11. The summed E-state index contributed by atoms with van der Waals surface area (Å²) >= 11 is 0. The molecule has 0 fully saturated rings. The van der Waals surface area contributed by atoms with Crippen molar-refractivity contribution in [3.05, 3.63) is 63.1 Å². The number of non-ortho nitro benzene ring substituents is 1.